The number of amides is 2. The highest BCUT2D eigenvalue weighted by atomic mass is 16.5. The van der Waals surface area contributed by atoms with Crippen molar-refractivity contribution in [3.05, 3.63) is 29.8 Å². The zero-order valence-corrected chi connectivity index (χ0v) is 15.7. The molecule has 3 aliphatic carbocycles. The number of nitrogens with one attached hydrogen (secondary N) is 2. The van der Waals surface area contributed by atoms with Crippen LogP contribution in [0.15, 0.2) is 24.3 Å². The second kappa shape index (κ2) is 7.81. The summed E-state index contributed by atoms with van der Waals surface area (Å²) in [7, 11) is 0. The van der Waals surface area contributed by atoms with Crippen molar-refractivity contribution in [3.63, 3.8) is 0 Å². The van der Waals surface area contributed by atoms with E-state index in [4.69, 9.17) is 4.74 Å². The zero-order valence-electron chi connectivity index (χ0n) is 15.7. The molecule has 0 aromatic heterocycles. The van der Waals surface area contributed by atoms with E-state index in [1.54, 1.807) is 24.3 Å². The van der Waals surface area contributed by atoms with Crippen LogP contribution in [0.1, 0.15) is 55.3 Å². The molecule has 1 aromatic rings. The number of fused-ring (bicyclic) bond motifs is 2. The van der Waals surface area contributed by atoms with Gasteiger partial charge in [-0.2, -0.15) is 0 Å². The van der Waals surface area contributed by atoms with Crippen LogP contribution in [0, 0.1) is 23.7 Å². The number of aliphatic carboxylic acids is 1. The molecular formula is C21H26N2O5. The Kier molecular flexibility index (Phi) is 5.24. The first-order chi connectivity index (χ1) is 13.5. The summed E-state index contributed by atoms with van der Waals surface area (Å²) in [5, 5.41) is 9.46. The van der Waals surface area contributed by atoms with Crippen molar-refractivity contribution in [1.82, 2.24) is 10.9 Å². The molecule has 2 bridgehead atoms. The average molecular weight is 386 g/mol. The van der Waals surface area contributed by atoms with Gasteiger partial charge in [0.05, 0.1) is 17.9 Å². The van der Waals surface area contributed by atoms with Crippen LogP contribution >= 0.6 is 0 Å². The van der Waals surface area contributed by atoms with Crippen molar-refractivity contribution in [2.75, 3.05) is 0 Å². The summed E-state index contributed by atoms with van der Waals surface area (Å²) in [6, 6.07) is 6.82. The molecule has 7 heteroatoms. The van der Waals surface area contributed by atoms with Crippen LogP contribution in [-0.2, 0) is 9.59 Å². The molecule has 2 amide bonds. The number of hydrazine groups is 1. The third-order valence-electron chi connectivity index (χ3n) is 6.52. The van der Waals surface area contributed by atoms with Gasteiger partial charge in [-0.1, -0.05) is 0 Å². The Hall–Kier alpha value is -2.57. The van der Waals surface area contributed by atoms with E-state index in [0.29, 0.717) is 5.56 Å². The highest BCUT2D eigenvalue weighted by Crippen LogP contribution is 2.52. The number of hydrogen-bond acceptors (Lipinski definition) is 4. The van der Waals surface area contributed by atoms with E-state index >= 15 is 0 Å². The van der Waals surface area contributed by atoms with Crippen molar-refractivity contribution < 1.29 is 24.2 Å². The molecule has 7 nitrogen and oxygen atoms in total. The highest BCUT2D eigenvalue weighted by Gasteiger charge is 2.54. The lowest BCUT2D eigenvalue weighted by atomic mass is 9.79. The largest absolute Gasteiger partial charge is 0.490 e. The predicted octanol–water partition coefficient (Wildman–Crippen LogP) is 2.52. The molecule has 3 saturated carbocycles. The monoisotopic (exact) mass is 386 g/mol. The summed E-state index contributed by atoms with van der Waals surface area (Å²) in [6.07, 6.45) is 7.29. The summed E-state index contributed by atoms with van der Waals surface area (Å²) in [4.78, 5) is 36.4. The maximum absolute atomic E-state index is 12.5. The maximum Gasteiger partial charge on any atom is 0.307 e. The molecule has 0 unspecified atom stereocenters. The second-order valence-electron chi connectivity index (χ2n) is 8.22. The molecule has 28 heavy (non-hydrogen) atoms. The number of carboxylic acid groups (broad SMARTS) is 1. The smallest absolute Gasteiger partial charge is 0.307 e. The topological polar surface area (TPSA) is 105 Å². The van der Waals surface area contributed by atoms with Gasteiger partial charge in [0.2, 0.25) is 5.91 Å². The Morgan fingerprint density at radius 1 is 0.893 bits per heavy atom. The van der Waals surface area contributed by atoms with Crippen LogP contribution in [0.25, 0.3) is 0 Å². The van der Waals surface area contributed by atoms with Crippen LogP contribution in [-0.4, -0.2) is 29.0 Å². The molecule has 3 N–H and O–H groups in total. The first kappa shape index (κ1) is 18.8. The fourth-order valence-electron chi connectivity index (χ4n) is 5.18. The van der Waals surface area contributed by atoms with Crippen molar-refractivity contribution in [2.45, 2.75) is 51.0 Å². The summed E-state index contributed by atoms with van der Waals surface area (Å²) in [6.45, 7) is 0. The van der Waals surface area contributed by atoms with Crippen LogP contribution in [0.4, 0.5) is 0 Å². The summed E-state index contributed by atoms with van der Waals surface area (Å²) in [5.74, 6) is -2.09. The van der Waals surface area contributed by atoms with Crippen molar-refractivity contribution in [1.29, 1.82) is 0 Å². The number of hydrogen-bond donors (Lipinski definition) is 3. The molecular weight excluding hydrogens is 360 g/mol. The molecule has 4 atom stereocenters. The number of carbonyl (C=O) groups excluding carboxylic acids is 2. The normalized spacial score (nSPS) is 28.9. The van der Waals surface area contributed by atoms with E-state index in [1.165, 1.54) is 12.8 Å². The molecule has 4 rings (SSSR count). The minimum atomic E-state index is -0.920. The molecule has 0 heterocycles. The SMILES string of the molecule is O=C(NNC(=O)[C@H]1[C@H]2CC[C@@H](C2)[C@H]1C(=O)O)c1ccc(OC2CCCC2)cc1. The summed E-state index contributed by atoms with van der Waals surface area (Å²) < 4.78 is 5.88. The van der Waals surface area contributed by atoms with Gasteiger partial charge in [0.1, 0.15) is 5.75 Å². The molecule has 0 saturated heterocycles. The number of benzene rings is 1. The number of carboxylic acids is 1. The van der Waals surface area contributed by atoms with Gasteiger partial charge >= 0.3 is 5.97 Å². The van der Waals surface area contributed by atoms with Gasteiger partial charge in [-0.05, 0) is 81.0 Å². The van der Waals surface area contributed by atoms with Crippen LogP contribution in [0.5, 0.6) is 5.75 Å². The third kappa shape index (κ3) is 3.70. The second-order valence-corrected chi connectivity index (χ2v) is 8.22. The first-order valence-electron chi connectivity index (χ1n) is 10.1. The number of carbonyl (C=O) groups is 3. The van der Waals surface area contributed by atoms with E-state index in [-0.39, 0.29) is 17.9 Å². The molecule has 150 valence electrons. The van der Waals surface area contributed by atoms with Gasteiger partial charge in [0.15, 0.2) is 0 Å². The average Bonchev–Trinajstić information content (AvgIpc) is 3.43. The van der Waals surface area contributed by atoms with E-state index in [9.17, 15) is 19.5 Å². The van der Waals surface area contributed by atoms with E-state index in [1.807, 2.05) is 0 Å². The fourth-order valence-corrected chi connectivity index (χ4v) is 5.18. The molecule has 1 aromatic carbocycles. The van der Waals surface area contributed by atoms with Gasteiger partial charge in [-0.15, -0.1) is 0 Å². The Balaban J connectivity index is 1.31. The maximum atomic E-state index is 12.5. The minimum Gasteiger partial charge on any atom is -0.490 e. The quantitative estimate of drug-likeness (QED) is 0.675. The number of ether oxygens (including phenoxy) is 1. The van der Waals surface area contributed by atoms with Crippen molar-refractivity contribution >= 4 is 17.8 Å². The summed E-state index contributed by atoms with van der Waals surface area (Å²) >= 11 is 0. The van der Waals surface area contributed by atoms with Crippen LogP contribution in [0.3, 0.4) is 0 Å². The van der Waals surface area contributed by atoms with Crippen molar-refractivity contribution in [3.8, 4) is 5.75 Å². The zero-order chi connectivity index (χ0) is 19.7. The lowest BCUT2D eigenvalue weighted by molar-refractivity contribution is -0.149. The van der Waals surface area contributed by atoms with Crippen LogP contribution in [0.2, 0.25) is 0 Å². The fraction of sp³-hybridized carbons (Fsp3) is 0.571. The Morgan fingerprint density at radius 3 is 2.18 bits per heavy atom. The van der Waals surface area contributed by atoms with Gasteiger partial charge in [-0.3, -0.25) is 25.2 Å². The van der Waals surface area contributed by atoms with Crippen molar-refractivity contribution in [2.24, 2.45) is 23.7 Å². The van der Waals surface area contributed by atoms with Gasteiger partial charge in [0.25, 0.3) is 5.91 Å². The van der Waals surface area contributed by atoms with Crippen LogP contribution < -0.4 is 15.6 Å². The van der Waals surface area contributed by atoms with Gasteiger partial charge in [0, 0.05) is 5.56 Å². The standard InChI is InChI=1S/C21H26N2O5/c24-19(12-7-9-16(10-8-12)28-15-3-1-2-4-15)22-23-20(25)17-13-5-6-14(11-13)18(17)21(26)27/h7-10,13-15,17-18H,1-6,11H2,(H,22,24)(H,23,25)(H,26,27)/t13-,14-,17-,18+/m0/s1. The molecule has 0 radical (unpaired) electrons. The molecule has 0 spiro atoms. The lowest BCUT2D eigenvalue weighted by Crippen LogP contribution is -2.48. The lowest BCUT2D eigenvalue weighted by Gasteiger charge is -2.27. The molecule has 3 fully saturated rings. The molecule has 3 aliphatic rings. The van der Waals surface area contributed by atoms with E-state index in [2.05, 4.69) is 10.9 Å². The predicted molar refractivity (Wildman–Crippen MR) is 100 cm³/mol. The van der Waals surface area contributed by atoms with E-state index < -0.39 is 29.6 Å². The minimum absolute atomic E-state index is 0.0707. The highest BCUT2D eigenvalue weighted by molar-refractivity contribution is 5.96. The van der Waals surface area contributed by atoms with Gasteiger partial charge in [-0.25, -0.2) is 0 Å². The van der Waals surface area contributed by atoms with Gasteiger partial charge < -0.3 is 9.84 Å². The Bertz CT molecular complexity index is 757. The van der Waals surface area contributed by atoms with E-state index in [0.717, 1.165) is 37.9 Å². The summed E-state index contributed by atoms with van der Waals surface area (Å²) in [5.41, 5.74) is 5.25. The first-order valence-corrected chi connectivity index (χ1v) is 10.1. The Morgan fingerprint density at radius 2 is 1.54 bits per heavy atom. The Labute approximate surface area is 163 Å². The molecule has 0 aliphatic heterocycles. The number of rotatable bonds is 5. The third-order valence-corrected chi connectivity index (χ3v) is 6.52.